The molecule has 44 valence electrons. The van der Waals surface area contributed by atoms with Gasteiger partial charge in [0, 0.05) is 13.5 Å². The second-order valence-electron chi connectivity index (χ2n) is 0.747. The zero-order chi connectivity index (χ0) is 6.28. The molecule has 0 aromatic rings. The van der Waals surface area contributed by atoms with Gasteiger partial charge in [0.2, 0.25) is 0 Å². The van der Waals surface area contributed by atoms with Crippen molar-refractivity contribution in [2.45, 2.75) is 13.3 Å². The third-order valence-electron chi connectivity index (χ3n) is 0.302. The Kier molecular flexibility index (Phi) is 12.5. The molecule has 0 unspecified atom stereocenters. The maximum Gasteiger partial charge on any atom is 0.303 e. The van der Waals surface area contributed by atoms with Crippen LogP contribution >= 0.6 is 0 Å². The summed E-state index contributed by atoms with van der Waals surface area (Å²) < 4.78 is 0. The van der Waals surface area contributed by atoms with Gasteiger partial charge in [-0.2, -0.15) is 0 Å². The Labute approximate surface area is 42.6 Å². The van der Waals surface area contributed by atoms with Crippen molar-refractivity contribution in [3.63, 3.8) is 0 Å². The molecule has 3 nitrogen and oxygen atoms in total. The van der Waals surface area contributed by atoms with Crippen molar-refractivity contribution in [2.75, 3.05) is 7.11 Å². The van der Waals surface area contributed by atoms with Crippen LogP contribution < -0.4 is 0 Å². The fraction of sp³-hybridized carbons (Fsp3) is 0.750. The smallest absolute Gasteiger partial charge is 0.303 e. The van der Waals surface area contributed by atoms with Gasteiger partial charge < -0.3 is 10.2 Å². The number of carboxylic acids is 1. The van der Waals surface area contributed by atoms with Crippen molar-refractivity contribution < 1.29 is 15.0 Å². The van der Waals surface area contributed by atoms with Gasteiger partial charge in [-0.05, 0) is 0 Å². The van der Waals surface area contributed by atoms with Gasteiger partial charge in [0.1, 0.15) is 0 Å². The SMILES string of the molecule is CCC(=O)O.CO. The lowest BCUT2D eigenvalue weighted by Crippen LogP contribution is -1.86. The summed E-state index contributed by atoms with van der Waals surface area (Å²) in [7, 11) is 1.00. The van der Waals surface area contributed by atoms with Crippen LogP contribution in [0, 0.1) is 0 Å². The maximum atomic E-state index is 9.37. The Morgan fingerprint density at radius 2 is 1.71 bits per heavy atom. The molecule has 0 aromatic carbocycles. The van der Waals surface area contributed by atoms with E-state index in [2.05, 4.69) is 0 Å². The Bertz CT molecular complexity index is 42.2. The Balaban J connectivity index is 0. The molecule has 0 heterocycles. The van der Waals surface area contributed by atoms with E-state index < -0.39 is 5.97 Å². The monoisotopic (exact) mass is 106 g/mol. The van der Waals surface area contributed by atoms with Gasteiger partial charge in [-0.15, -0.1) is 0 Å². The first-order valence-corrected chi connectivity index (χ1v) is 1.94. The van der Waals surface area contributed by atoms with E-state index in [4.69, 9.17) is 10.2 Å². The van der Waals surface area contributed by atoms with E-state index in [-0.39, 0.29) is 6.42 Å². The molecule has 7 heavy (non-hydrogen) atoms. The lowest BCUT2D eigenvalue weighted by molar-refractivity contribution is -0.136. The lowest BCUT2D eigenvalue weighted by atomic mass is 10.5. The number of aliphatic hydroxyl groups is 1. The standard InChI is InChI=1S/C3H6O2.CH4O/c1-2-3(4)5;1-2/h2H2,1H3,(H,4,5);2H,1H3. The average Bonchev–Trinajstić information content (AvgIpc) is 1.73. The predicted molar refractivity (Wildman–Crippen MR) is 26.1 cm³/mol. The van der Waals surface area contributed by atoms with Gasteiger partial charge in [0.05, 0.1) is 0 Å². The fourth-order valence-electron chi connectivity index (χ4n) is 0. The molecular weight excluding hydrogens is 96.0 g/mol. The molecule has 0 spiro atoms. The summed E-state index contributed by atoms with van der Waals surface area (Å²) in [4.78, 5) is 9.37. The molecule has 0 amide bonds. The summed E-state index contributed by atoms with van der Waals surface area (Å²) in [6.07, 6.45) is 0.222. The van der Waals surface area contributed by atoms with Crippen LogP contribution in [0.15, 0.2) is 0 Å². The summed E-state index contributed by atoms with van der Waals surface area (Å²) in [5, 5.41) is 14.7. The highest BCUT2D eigenvalue weighted by Crippen LogP contribution is 1.67. The van der Waals surface area contributed by atoms with Gasteiger partial charge in [-0.25, -0.2) is 0 Å². The number of aliphatic hydroxyl groups excluding tert-OH is 1. The first kappa shape index (κ1) is 9.66. The molecule has 0 aliphatic heterocycles. The van der Waals surface area contributed by atoms with Crippen LogP contribution in [0.5, 0.6) is 0 Å². The molecule has 0 fully saturated rings. The van der Waals surface area contributed by atoms with Crippen molar-refractivity contribution >= 4 is 5.97 Å². The zero-order valence-corrected chi connectivity index (χ0v) is 4.51. The van der Waals surface area contributed by atoms with E-state index in [1.54, 1.807) is 6.92 Å². The number of rotatable bonds is 1. The van der Waals surface area contributed by atoms with Gasteiger partial charge in [0.15, 0.2) is 0 Å². The zero-order valence-electron chi connectivity index (χ0n) is 4.51. The molecule has 0 atom stereocenters. The summed E-state index contributed by atoms with van der Waals surface area (Å²) in [6, 6.07) is 0. The van der Waals surface area contributed by atoms with Crippen LogP contribution in [-0.2, 0) is 4.79 Å². The van der Waals surface area contributed by atoms with Gasteiger partial charge in [-0.1, -0.05) is 6.92 Å². The molecule has 0 radical (unpaired) electrons. The number of carbonyl (C=O) groups is 1. The molecule has 3 heteroatoms. The third kappa shape index (κ3) is 31.2. The van der Waals surface area contributed by atoms with Crippen LogP contribution in [0.4, 0.5) is 0 Å². The molecule has 0 aromatic heterocycles. The highest BCUT2D eigenvalue weighted by molar-refractivity contribution is 5.66. The number of hydrogen-bond acceptors (Lipinski definition) is 2. The minimum Gasteiger partial charge on any atom is -0.481 e. The van der Waals surface area contributed by atoms with E-state index in [1.807, 2.05) is 0 Å². The normalized spacial score (nSPS) is 6.14. The largest absolute Gasteiger partial charge is 0.481 e. The van der Waals surface area contributed by atoms with Crippen molar-refractivity contribution in [1.29, 1.82) is 0 Å². The third-order valence-corrected chi connectivity index (χ3v) is 0.302. The fourth-order valence-corrected chi connectivity index (χ4v) is 0. The van der Waals surface area contributed by atoms with E-state index >= 15 is 0 Å². The summed E-state index contributed by atoms with van der Waals surface area (Å²) in [5.41, 5.74) is 0. The second kappa shape index (κ2) is 9.06. The summed E-state index contributed by atoms with van der Waals surface area (Å²) in [6.45, 7) is 1.60. The molecule has 0 aliphatic carbocycles. The van der Waals surface area contributed by atoms with Crippen molar-refractivity contribution in [3.8, 4) is 0 Å². The van der Waals surface area contributed by atoms with Crippen LogP contribution in [0.1, 0.15) is 13.3 Å². The number of aliphatic carboxylic acids is 1. The van der Waals surface area contributed by atoms with E-state index in [1.165, 1.54) is 0 Å². The Hall–Kier alpha value is -0.570. The van der Waals surface area contributed by atoms with Crippen LogP contribution in [0.2, 0.25) is 0 Å². The Morgan fingerprint density at radius 3 is 1.71 bits per heavy atom. The van der Waals surface area contributed by atoms with E-state index in [9.17, 15) is 4.79 Å². The van der Waals surface area contributed by atoms with Gasteiger partial charge in [-0.3, -0.25) is 4.79 Å². The summed E-state index contributed by atoms with van der Waals surface area (Å²) in [5.74, 6) is -0.745. The van der Waals surface area contributed by atoms with Crippen molar-refractivity contribution in [1.82, 2.24) is 0 Å². The number of hydrogen-bond donors (Lipinski definition) is 2. The maximum absolute atomic E-state index is 9.37. The van der Waals surface area contributed by atoms with Crippen molar-refractivity contribution in [2.24, 2.45) is 0 Å². The van der Waals surface area contributed by atoms with Crippen LogP contribution in [-0.4, -0.2) is 23.3 Å². The van der Waals surface area contributed by atoms with Crippen molar-refractivity contribution in [3.05, 3.63) is 0 Å². The number of carboxylic acid groups (broad SMARTS) is 1. The first-order chi connectivity index (χ1) is 3.27. The van der Waals surface area contributed by atoms with E-state index in [0.717, 1.165) is 7.11 Å². The molecule has 0 bridgehead atoms. The van der Waals surface area contributed by atoms with E-state index in [0.29, 0.717) is 0 Å². The molecule has 0 saturated carbocycles. The lowest BCUT2D eigenvalue weighted by Gasteiger charge is -1.71. The first-order valence-electron chi connectivity index (χ1n) is 1.94. The summed E-state index contributed by atoms with van der Waals surface area (Å²) >= 11 is 0. The highest BCUT2D eigenvalue weighted by Gasteiger charge is 1.80. The van der Waals surface area contributed by atoms with Crippen LogP contribution in [0.3, 0.4) is 0 Å². The predicted octanol–water partition coefficient (Wildman–Crippen LogP) is 0.0895. The molecule has 2 N–H and O–H groups in total. The minimum atomic E-state index is -0.745. The average molecular weight is 106 g/mol. The molecular formula is C4H10O3. The minimum absolute atomic E-state index is 0.222. The quantitative estimate of drug-likeness (QED) is 0.498. The Morgan fingerprint density at radius 1 is 1.57 bits per heavy atom. The molecule has 0 aliphatic rings. The van der Waals surface area contributed by atoms with Gasteiger partial charge in [0.25, 0.3) is 0 Å². The molecule has 0 saturated heterocycles. The van der Waals surface area contributed by atoms with Gasteiger partial charge >= 0.3 is 5.97 Å². The topological polar surface area (TPSA) is 57.5 Å². The van der Waals surface area contributed by atoms with Crippen LogP contribution in [0.25, 0.3) is 0 Å². The second-order valence-corrected chi connectivity index (χ2v) is 0.747. The molecule has 0 rings (SSSR count). The highest BCUT2D eigenvalue weighted by atomic mass is 16.4.